The molecular formula is C12H12N2O4S. The lowest BCUT2D eigenvalue weighted by Crippen LogP contribution is -2.16. The van der Waals surface area contributed by atoms with E-state index in [0.717, 1.165) is 0 Å². The SMILES string of the molecule is O=C(c1ccc2[nH]c(=O)[nH]c2c1)C1CCS(=O)(=O)C1. The number of sulfone groups is 1. The van der Waals surface area contributed by atoms with Crippen molar-refractivity contribution in [3.8, 4) is 0 Å². The van der Waals surface area contributed by atoms with E-state index in [1.165, 1.54) is 0 Å². The summed E-state index contributed by atoms with van der Waals surface area (Å²) in [4.78, 5) is 28.5. The number of Topliss-reactive ketones (excluding diaryl/α,β-unsaturated/α-hetero) is 1. The quantitative estimate of drug-likeness (QED) is 0.781. The number of ketones is 1. The van der Waals surface area contributed by atoms with Crippen molar-refractivity contribution in [2.24, 2.45) is 5.92 Å². The first-order valence-electron chi connectivity index (χ1n) is 5.91. The fraction of sp³-hybridized carbons (Fsp3) is 0.333. The first-order chi connectivity index (χ1) is 8.94. The number of carbonyl (C=O) groups excluding carboxylic acids is 1. The predicted octanol–water partition coefficient (Wildman–Crippen LogP) is 0.474. The Hall–Kier alpha value is -1.89. The summed E-state index contributed by atoms with van der Waals surface area (Å²) in [5.41, 5.74) is 1.28. The molecule has 0 aliphatic carbocycles. The molecule has 1 fully saturated rings. The van der Waals surface area contributed by atoms with Crippen molar-refractivity contribution in [1.29, 1.82) is 0 Å². The highest BCUT2D eigenvalue weighted by molar-refractivity contribution is 7.91. The third-order valence-electron chi connectivity index (χ3n) is 3.40. The molecule has 3 rings (SSSR count). The van der Waals surface area contributed by atoms with E-state index in [-0.39, 0.29) is 23.0 Å². The highest BCUT2D eigenvalue weighted by Crippen LogP contribution is 2.23. The van der Waals surface area contributed by atoms with Crippen molar-refractivity contribution in [1.82, 2.24) is 9.97 Å². The zero-order chi connectivity index (χ0) is 13.6. The van der Waals surface area contributed by atoms with Gasteiger partial charge in [0.15, 0.2) is 15.6 Å². The van der Waals surface area contributed by atoms with Crippen LogP contribution >= 0.6 is 0 Å². The van der Waals surface area contributed by atoms with Gasteiger partial charge in [0.25, 0.3) is 0 Å². The van der Waals surface area contributed by atoms with Crippen molar-refractivity contribution < 1.29 is 13.2 Å². The van der Waals surface area contributed by atoms with Gasteiger partial charge in [-0.05, 0) is 24.6 Å². The number of H-pyrrole nitrogens is 2. The Bertz CT molecular complexity index is 816. The van der Waals surface area contributed by atoms with E-state index >= 15 is 0 Å². The van der Waals surface area contributed by atoms with Gasteiger partial charge in [-0.1, -0.05) is 0 Å². The molecule has 1 aliphatic rings. The molecule has 1 unspecified atom stereocenters. The fourth-order valence-electron chi connectivity index (χ4n) is 2.42. The largest absolute Gasteiger partial charge is 0.323 e. The van der Waals surface area contributed by atoms with E-state index in [0.29, 0.717) is 23.0 Å². The van der Waals surface area contributed by atoms with Gasteiger partial charge in [-0.15, -0.1) is 0 Å². The van der Waals surface area contributed by atoms with Crippen LogP contribution < -0.4 is 5.69 Å². The number of hydrogen-bond donors (Lipinski definition) is 2. The highest BCUT2D eigenvalue weighted by Gasteiger charge is 2.33. The minimum absolute atomic E-state index is 0.0759. The minimum atomic E-state index is -3.07. The number of benzene rings is 1. The summed E-state index contributed by atoms with van der Waals surface area (Å²) in [7, 11) is -3.07. The zero-order valence-corrected chi connectivity index (χ0v) is 10.8. The molecule has 100 valence electrons. The standard InChI is InChI=1S/C12H12N2O4S/c15-11(8-3-4-19(17,18)6-8)7-1-2-9-10(5-7)14-12(16)13-9/h1-2,5,8H,3-4,6H2,(H2,13,14,16). The van der Waals surface area contributed by atoms with Gasteiger partial charge in [0.1, 0.15) is 0 Å². The average molecular weight is 280 g/mol. The maximum Gasteiger partial charge on any atom is 0.323 e. The molecule has 1 saturated heterocycles. The van der Waals surface area contributed by atoms with Crippen LogP contribution in [-0.2, 0) is 9.84 Å². The molecule has 2 heterocycles. The van der Waals surface area contributed by atoms with E-state index < -0.39 is 15.8 Å². The number of hydrogen-bond acceptors (Lipinski definition) is 4. The van der Waals surface area contributed by atoms with Crippen molar-refractivity contribution in [3.63, 3.8) is 0 Å². The molecule has 7 heteroatoms. The molecule has 0 radical (unpaired) electrons. The fourth-order valence-corrected chi connectivity index (χ4v) is 4.16. The summed E-state index contributed by atoms with van der Waals surface area (Å²) in [5, 5.41) is 0. The van der Waals surface area contributed by atoms with Gasteiger partial charge >= 0.3 is 5.69 Å². The number of carbonyl (C=O) groups is 1. The van der Waals surface area contributed by atoms with Crippen LogP contribution in [0.15, 0.2) is 23.0 Å². The minimum Gasteiger partial charge on any atom is -0.306 e. The van der Waals surface area contributed by atoms with Gasteiger partial charge in [0, 0.05) is 11.5 Å². The second kappa shape index (κ2) is 4.06. The van der Waals surface area contributed by atoms with E-state index in [4.69, 9.17) is 0 Å². The molecule has 1 aromatic heterocycles. The van der Waals surface area contributed by atoms with Gasteiger partial charge in [-0.25, -0.2) is 13.2 Å². The molecule has 19 heavy (non-hydrogen) atoms. The number of fused-ring (bicyclic) bond motifs is 1. The number of nitrogens with one attached hydrogen (secondary N) is 2. The molecule has 1 aliphatic heterocycles. The summed E-state index contributed by atoms with van der Waals surface area (Å²) in [6.07, 6.45) is 0.378. The van der Waals surface area contributed by atoms with Crippen molar-refractivity contribution >= 4 is 26.7 Å². The normalized spacial score (nSPS) is 21.8. The third kappa shape index (κ3) is 2.21. The van der Waals surface area contributed by atoms with Gasteiger partial charge in [0.2, 0.25) is 0 Å². The maximum atomic E-state index is 12.2. The molecule has 0 spiro atoms. The lowest BCUT2D eigenvalue weighted by Gasteiger charge is -2.06. The van der Waals surface area contributed by atoms with Crippen LogP contribution in [0.4, 0.5) is 0 Å². The van der Waals surface area contributed by atoms with Crippen LogP contribution in [0.25, 0.3) is 11.0 Å². The van der Waals surface area contributed by atoms with E-state index in [9.17, 15) is 18.0 Å². The van der Waals surface area contributed by atoms with Gasteiger partial charge in [-0.2, -0.15) is 0 Å². The molecule has 1 atom stereocenters. The molecule has 0 bridgehead atoms. The summed E-state index contributed by atoms with van der Waals surface area (Å²) in [5.74, 6) is -0.640. The monoisotopic (exact) mass is 280 g/mol. The number of aromatic amines is 2. The molecular weight excluding hydrogens is 268 g/mol. The summed E-state index contributed by atoms with van der Waals surface area (Å²) >= 11 is 0. The summed E-state index contributed by atoms with van der Waals surface area (Å²) in [6.45, 7) is 0. The van der Waals surface area contributed by atoms with Crippen LogP contribution in [0, 0.1) is 5.92 Å². The molecule has 0 saturated carbocycles. The van der Waals surface area contributed by atoms with Gasteiger partial charge < -0.3 is 9.97 Å². The highest BCUT2D eigenvalue weighted by atomic mass is 32.2. The molecule has 2 aromatic rings. The smallest absolute Gasteiger partial charge is 0.306 e. The van der Waals surface area contributed by atoms with Crippen LogP contribution in [0.5, 0.6) is 0 Å². The van der Waals surface area contributed by atoms with Crippen LogP contribution in [-0.4, -0.2) is 35.7 Å². The zero-order valence-electron chi connectivity index (χ0n) is 9.97. The number of rotatable bonds is 2. The molecule has 2 N–H and O–H groups in total. The number of aromatic nitrogens is 2. The van der Waals surface area contributed by atoms with Gasteiger partial charge in [-0.3, -0.25) is 4.79 Å². The van der Waals surface area contributed by atoms with Crippen LogP contribution in [0.2, 0.25) is 0 Å². The lowest BCUT2D eigenvalue weighted by atomic mass is 9.97. The maximum absolute atomic E-state index is 12.2. The topological polar surface area (TPSA) is 99.9 Å². The molecule has 0 amide bonds. The Morgan fingerprint density at radius 3 is 2.63 bits per heavy atom. The Balaban J connectivity index is 1.95. The molecule has 1 aromatic carbocycles. The first-order valence-corrected chi connectivity index (χ1v) is 7.73. The summed E-state index contributed by atoms with van der Waals surface area (Å²) < 4.78 is 22.8. The van der Waals surface area contributed by atoms with E-state index in [2.05, 4.69) is 9.97 Å². The Labute approximate surface area is 108 Å². The average Bonchev–Trinajstić information content (AvgIpc) is 2.88. The van der Waals surface area contributed by atoms with Crippen LogP contribution in [0.1, 0.15) is 16.8 Å². The Kier molecular flexibility index (Phi) is 2.60. The predicted molar refractivity (Wildman–Crippen MR) is 70.0 cm³/mol. The molecule has 6 nitrogen and oxygen atoms in total. The Morgan fingerprint density at radius 2 is 1.95 bits per heavy atom. The second-order valence-corrected chi connectivity index (χ2v) is 7.03. The van der Waals surface area contributed by atoms with Crippen LogP contribution in [0.3, 0.4) is 0 Å². The van der Waals surface area contributed by atoms with Crippen molar-refractivity contribution in [2.75, 3.05) is 11.5 Å². The first kappa shape index (κ1) is 12.2. The van der Waals surface area contributed by atoms with Gasteiger partial charge in [0.05, 0.1) is 22.5 Å². The van der Waals surface area contributed by atoms with E-state index in [1.54, 1.807) is 18.2 Å². The summed E-state index contributed by atoms with van der Waals surface area (Å²) in [6, 6.07) is 4.84. The second-order valence-electron chi connectivity index (χ2n) is 4.80. The van der Waals surface area contributed by atoms with Crippen molar-refractivity contribution in [2.45, 2.75) is 6.42 Å². The van der Waals surface area contributed by atoms with Crippen molar-refractivity contribution in [3.05, 3.63) is 34.2 Å². The Morgan fingerprint density at radius 1 is 1.21 bits per heavy atom. The van der Waals surface area contributed by atoms with E-state index in [1.807, 2.05) is 0 Å². The lowest BCUT2D eigenvalue weighted by molar-refractivity contribution is 0.0933. The number of imidazole rings is 1. The third-order valence-corrected chi connectivity index (χ3v) is 5.17.